The van der Waals surface area contributed by atoms with Gasteiger partial charge in [0, 0.05) is 23.4 Å². The van der Waals surface area contributed by atoms with Crippen LogP contribution < -0.4 is 0 Å². The minimum absolute atomic E-state index is 0.118. The van der Waals surface area contributed by atoms with Gasteiger partial charge in [-0.15, -0.1) is 0 Å². The lowest BCUT2D eigenvalue weighted by Crippen LogP contribution is -1.98. The first-order chi connectivity index (χ1) is 7.29. The summed E-state index contributed by atoms with van der Waals surface area (Å²) in [5, 5.41) is 9.71. The number of hydrogen-bond acceptors (Lipinski definition) is 2. The van der Waals surface area contributed by atoms with Crippen molar-refractivity contribution < 1.29 is 5.11 Å². The van der Waals surface area contributed by atoms with Crippen molar-refractivity contribution in [1.82, 2.24) is 4.98 Å². The highest BCUT2D eigenvalue weighted by molar-refractivity contribution is 5.38. The molecule has 1 heterocycles. The third kappa shape index (κ3) is 1.99. The molecule has 2 rings (SSSR count). The maximum absolute atomic E-state index is 9.71. The van der Waals surface area contributed by atoms with Gasteiger partial charge in [-0.05, 0) is 18.2 Å². The van der Waals surface area contributed by atoms with Crippen LogP contribution in [0.25, 0.3) is 0 Å². The summed E-state index contributed by atoms with van der Waals surface area (Å²) < 4.78 is 0. The Morgan fingerprint density at radius 1 is 1.07 bits per heavy atom. The quantitative estimate of drug-likeness (QED) is 0.806. The summed E-state index contributed by atoms with van der Waals surface area (Å²) >= 11 is 0. The third-order valence-electron chi connectivity index (χ3n) is 2.53. The molecule has 1 aromatic heterocycles. The van der Waals surface area contributed by atoms with Crippen LogP contribution in [0, 0.1) is 0 Å². The Morgan fingerprint density at radius 3 is 2.47 bits per heavy atom. The number of aromatic nitrogens is 1. The summed E-state index contributed by atoms with van der Waals surface area (Å²) in [5.41, 5.74) is 1.88. The SMILES string of the molecule is C[C@H](c1ccccn1)c1ccccc1O. The highest BCUT2D eigenvalue weighted by atomic mass is 16.3. The molecular weight excluding hydrogens is 186 g/mol. The molecular formula is C13H13NO. The first-order valence-corrected chi connectivity index (χ1v) is 4.98. The molecule has 15 heavy (non-hydrogen) atoms. The monoisotopic (exact) mass is 199 g/mol. The van der Waals surface area contributed by atoms with Crippen LogP contribution in [0.1, 0.15) is 24.1 Å². The summed E-state index contributed by atoms with van der Waals surface area (Å²) in [4.78, 5) is 4.29. The van der Waals surface area contributed by atoms with E-state index in [0.717, 1.165) is 11.3 Å². The fourth-order valence-electron chi connectivity index (χ4n) is 1.65. The molecule has 0 unspecified atom stereocenters. The zero-order valence-corrected chi connectivity index (χ0v) is 8.59. The van der Waals surface area contributed by atoms with Crippen molar-refractivity contribution in [2.75, 3.05) is 0 Å². The van der Waals surface area contributed by atoms with Gasteiger partial charge in [-0.1, -0.05) is 31.2 Å². The van der Waals surface area contributed by atoms with Crippen molar-refractivity contribution >= 4 is 0 Å². The fourth-order valence-corrected chi connectivity index (χ4v) is 1.65. The summed E-state index contributed by atoms with van der Waals surface area (Å²) in [7, 11) is 0. The van der Waals surface area contributed by atoms with Gasteiger partial charge >= 0.3 is 0 Å². The summed E-state index contributed by atoms with van der Waals surface area (Å²) in [6.07, 6.45) is 1.77. The molecule has 1 N–H and O–H groups in total. The van der Waals surface area contributed by atoms with E-state index in [1.54, 1.807) is 12.3 Å². The van der Waals surface area contributed by atoms with Crippen molar-refractivity contribution in [3.8, 4) is 5.75 Å². The predicted molar refractivity (Wildman–Crippen MR) is 59.9 cm³/mol. The molecule has 0 saturated heterocycles. The second-order valence-corrected chi connectivity index (χ2v) is 3.54. The van der Waals surface area contributed by atoms with E-state index >= 15 is 0 Å². The van der Waals surface area contributed by atoms with E-state index in [-0.39, 0.29) is 5.92 Å². The topological polar surface area (TPSA) is 33.1 Å². The van der Waals surface area contributed by atoms with Crippen LogP contribution in [-0.4, -0.2) is 10.1 Å². The van der Waals surface area contributed by atoms with Crippen LogP contribution in [0.2, 0.25) is 0 Å². The van der Waals surface area contributed by atoms with E-state index in [1.165, 1.54) is 0 Å². The van der Waals surface area contributed by atoms with Crippen LogP contribution in [0.5, 0.6) is 5.75 Å². The maximum atomic E-state index is 9.71. The third-order valence-corrected chi connectivity index (χ3v) is 2.53. The molecule has 2 heteroatoms. The highest BCUT2D eigenvalue weighted by Gasteiger charge is 2.12. The molecule has 0 bridgehead atoms. The zero-order chi connectivity index (χ0) is 10.7. The molecule has 0 radical (unpaired) electrons. The van der Waals surface area contributed by atoms with Gasteiger partial charge in [0.05, 0.1) is 0 Å². The number of hydrogen-bond donors (Lipinski definition) is 1. The number of aromatic hydroxyl groups is 1. The molecule has 0 aliphatic heterocycles. The van der Waals surface area contributed by atoms with Crippen molar-refractivity contribution in [3.05, 3.63) is 59.9 Å². The second-order valence-electron chi connectivity index (χ2n) is 3.54. The molecule has 0 saturated carbocycles. The van der Waals surface area contributed by atoms with Gasteiger partial charge in [0.15, 0.2) is 0 Å². The highest BCUT2D eigenvalue weighted by Crippen LogP contribution is 2.28. The molecule has 1 aromatic carbocycles. The Labute approximate surface area is 89.2 Å². The van der Waals surface area contributed by atoms with Crippen molar-refractivity contribution in [1.29, 1.82) is 0 Å². The van der Waals surface area contributed by atoms with Gasteiger partial charge in [0.2, 0.25) is 0 Å². The smallest absolute Gasteiger partial charge is 0.119 e. The number of pyridine rings is 1. The number of phenolic OH excluding ortho intramolecular Hbond substituents is 1. The van der Waals surface area contributed by atoms with E-state index in [0.29, 0.717) is 5.75 Å². The van der Waals surface area contributed by atoms with Gasteiger partial charge in [-0.2, -0.15) is 0 Å². The van der Waals surface area contributed by atoms with E-state index in [9.17, 15) is 5.11 Å². The fraction of sp³-hybridized carbons (Fsp3) is 0.154. The minimum atomic E-state index is 0.118. The number of nitrogens with zero attached hydrogens (tertiary/aromatic N) is 1. The first-order valence-electron chi connectivity index (χ1n) is 4.98. The lowest BCUT2D eigenvalue weighted by atomic mass is 9.96. The van der Waals surface area contributed by atoms with Crippen LogP contribution in [0.3, 0.4) is 0 Å². The van der Waals surface area contributed by atoms with Gasteiger partial charge < -0.3 is 5.11 Å². The van der Waals surface area contributed by atoms with Crippen LogP contribution in [0.15, 0.2) is 48.7 Å². The Balaban J connectivity index is 2.37. The minimum Gasteiger partial charge on any atom is -0.508 e. The summed E-state index contributed by atoms with van der Waals surface area (Å²) in [6.45, 7) is 2.04. The molecule has 1 atom stereocenters. The van der Waals surface area contributed by atoms with Crippen molar-refractivity contribution in [3.63, 3.8) is 0 Å². The molecule has 76 valence electrons. The first kappa shape index (κ1) is 9.71. The average molecular weight is 199 g/mol. The van der Waals surface area contributed by atoms with Gasteiger partial charge in [-0.25, -0.2) is 0 Å². The van der Waals surface area contributed by atoms with Gasteiger partial charge in [0.1, 0.15) is 5.75 Å². The summed E-state index contributed by atoms with van der Waals surface area (Å²) in [6, 6.07) is 13.2. The number of benzene rings is 1. The maximum Gasteiger partial charge on any atom is 0.119 e. The van der Waals surface area contributed by atoms with E-state index < -0.39 is 0 Å². The number of phenols is 1. The Bertz CT molecular complexity index is 439. The Morgan fingerprint density at radius 2 is 1.80 bits per heavy atom. The van der Waals surface area contributed by atoms with Gasteiger partial charge in [-0.3, -0.25) is 4.98 Å². The molecule has 2 nitrogen and oxygen atoms in total. The molecule has 0 aliphatic carbocycles. The summed E-state index contributed by atoms with van der Waals surface area (Å²) in [5.74, 6) is 0.447. The van der Waals surface area contributed by atoms with Crippen LogP contribution >= 0.6 is 0 Å². The van der Waals surface area contributed by atoms with Gasteiger partial charge in [0.25, 0.3) is 0 Å². The molecule has 2 aromatic rings. The van der Waals surface area contributed by atoms with E-state index in [2.05, 4.69) is 4.98 Å². The Kier molecular flexibility index (Phi) is 2.68. The average Bonchev–Trinajstić information content (AvgIpc) is 2.30. The van der Waals surface area contributed by atoms with Crippen molar-refractivity contribution in [2.24, 2.45) is 0 Å². The number of para-hydroxylation sites is 1. The lowest BCUT2D eigenvalue weighted by Gasteiger charge is -2.12. The Hall–Kier alpha value is -1.83. The van der Waals surface area contributed by atoms with E-state index in [4.69, 9.17) is 0 Å². The molecule has 0 spiro atoms. The standard InChI is InChI=1S/C13H13NO/c1-10(12-7-4-5-9-14-12)11-6-2-3-8-13(11)15/h2-10,15H,1H3/t10-/m0/s1. The largest absolute Gasteiger partial charge is 0.508 e. The molecule has 0 amide bonds. The second kappa shape index (κ2) is 4.13. The molecule has 0 aliphatic rings. The zero-order valence-electron chi connectivity index (χ0n) is 8.59. The number of rotatable bonds is 2. The predicted octanol–water partition coefficient (Wildman–Crippen LogP) is 2.94. The molecule has 0 fully saturated rings. The van der Waals surface area contributed by atoms with Crippen LogP contribution in [-0.2, 0) is 0 Å². The normalized spacial score (nSPS) is 12.3. The van der Waals surface area contributed by atoms with E-state index in [1.807, 2.05) is 43.3 Å². The lowest BCUT2D eigenvalue weighted by molar-refractivity contribution is 0.465. The van der Waals surface area contributed by atoms with Crippen LogP contribution in [0.4, 0.5) is 0 Å². The van der Waals surface area contributed by atoms with Crippen molar-refractivity contribution in [2.45, 2.75) is 12.8 Å².